The Hall–Kier alpha value is -1.96. The number of hydrogen-bond acceptors (Lipinski definition) is 4. The van der Waals surface area contributed by atoms with Crippen molar-refractivity contribution < 1.29 is 19.6 Å². The number of nitro groups is 1. The summed E-state index contributed by atoms with van der Waals surface area (Å²) in [5.74, 6) is -2.35. The molecule has 1 aromatic carbocycles. The van der Waals surface area contributed by atoms with Gasteiger partial charge in [0.05, 0.1) is 10.8 Å². The number of carboxylic acids is 1. The smallest absolute Gasteiger partial charge is 0.308 e. The topological polar surface area (TPSA) is 110 Å². The van der Waals surface area contributed by atoms with E-state index in [1.807, 2.05) is 6.92 Å². The normalized spacial score (nSPS) is 11.7. The molecule has 114 valence electrons. The van der Waals surface area contributed by atoms with Crippen LogP contribution in [0.25, 0.3) is 0 Å². The molecule has 0 fully saturated rings. The minimum atomic E-state index is -0.998. The van der Waals surface area contributed by atoms with Crippen LogP contribution >= 0.6 is 15.9 Å². The highest BCUT2D eigenvalue weighted by Gasteiger charge is 2.22. The Labute approximate surface area is 129 Å². The van der Waals surface area contributed by atoms with Gasteiger partial charge in [-0.05, 0) is 18.6 Å². The van der Waals surface area contributed by atoms with Crippen molar-refractivity contribution in [1.82, 2.24) is 5.32 Å². The summed E-state index contributed by atoms with van der Waals surface area (Å²) in [6, 6.07) is 4.07. The van der Waals surface area contributed by atoms with E-state index in [1.54, 1.807) is 0 Å². The van der Waals surface area contributed by atoms with Crippen LogP contribution in [-0.2, 0) is 4.79 Å². The fraction of sp³-hybridized carbons (Fsp3) is 0.385. The molecule has 1 atom stereocenters. The second-order valence-electron chi connectivity index (χ2n) is 4.45. The van der Waals surface area contributed by atoms with Crippen LogP contribution < -0.4 is 5.32 Å². The Bertz CT molecular complexity index is 561. The predicted molar refractivity (Wildman–Crippen MR) is 79.2 cm³/mol. The van der Waals surface area contributed by atoms with Gasteiger partial charge in [0.1, 0.15) is 5.56 Å². The Morgan fingerprint density at radius 3 is 2.67 bits per heavy atom. The Kier molecular flexibility index (Phi) is 6.29. The lowest BCUT2D eigenvalue weighted by atomic mass is 10.0. The van der Waals surface area contributed by atoms with E-state index in [1.165, 1.54) is 18.2 Å². The van der Waals surface area contributed by atoms with Crippen LogP contribution in [-0.4, -0.2) is 28.5 Å². The molecule has 0 aromatic heterocycles. The van der Waals surface area contributed by atoms with E-state index in [0.29, 0.717) is 17.3 Å². The van der Waals surface area contributed by atoms with Gasteiger partial charge in [-0.1, -0.05) is 29.3 Å². The van der Waals surface area contributed by atoms with E-state index < -0.39 is 22.7 Å². The first-order valence-electron chi connectivity index (χ1n) is 6.31. The van der Waals surface area contributed by atoms with E-state index in [4.69, 9.17) is 5.11 Å². The van der Waals surface area contributed by atoms with Crippen molar-refractivity contribution in [2.45, 2.75) is 19.8 Å². The molecule has 0 aliphatic carbocycles. The molecular weight excluding hydrogens is 344 g/mol. The van der Waals surface area contributed by atoms with E-state index >= 15 is 0 Å². The highest BCUT2D eigenvalue weighted by molar-refractivity contribution is 9.10. The Balaban J connectivity index is 2.85. The zero-order valence-electron chi connectivity index (χ0n) is 11.3. The van der Waals surface area contributed by atoms with Crippen LogP contribution in [0.1, 0.15) is 30.1 Å². The highest BCUT2D eigenvalue weighted by Crippen LogP contribution is 2.23. The van der Waals surface area contributed by atoms with Gasteiger partial charge in [0.2, 0.25) is 0 Å². The Morgan fingerprint density at radius 1 is 1.48 bits per heavy atom. The van der Waals surface area contributed by atoms with Crippen molar-refractivity contribution in [3.63, 3.8) is 0 Å². The maximum absolute atomic E-state index is 12.0. The third-order valence-corrected chi connectivity index (χ3v) is 3.39. The lowest BCUT2D eigenvalue weighted by Crippen LogP contribution is -2.33. The van der Waals surface area contributed by atoms with Crippen molar-refractivity contribution in [2.24, 2.45) is 5.92 Å². The number of benzene rings is 1. The van der Waals surface area contributed by atoms with Gasteiger partial charge in [-0.25, -0.2) is 0 Å². The zero-order valence-corrected chi connectivity index (χ0v) is 12.9. The molecule has 1 amide bonds. The molecule has 8 heteroatoms. The predicted octanol–water partition coefficient (Wildman–Crippen LogP) is 2.59. The fourth-order valence-electron chi connectivity index (χ4n) is 1.82. The van der Waals surface area contributed by atoms with Crippen molar-refractivity contribution >= 4 is 33.5 Å². The maximum Gasteiger partial charge on any atom is 0.308 e. The molecule has 0 aliphatic heterocycles. The second-order valence-corrected chi connectivity index (χ2v) is 5.37. The summed E-state index contributed by atoms with van der Waals surface area (Å²) in [7, 11) is 0. The quantitative estimate of drug-likeness (QED) is 0.574. The first kappa shape index (κ1) is 17.1. The molecule has 21 heavy (non-hydrogen) atoms. The largest absolute Gasteiger partial charge is 0.481 e. The van der Waals surface area contributed by atoms with Gasteiger partial charge in [-0.3, -0.25) is 19.7 Å². The molecule has 7 nitrogen and oxygen atoms in total. The lowest BCUT2D eigenvalue weighted by Gasteiger charge is -2.12. The van der Waals surface area contributed by atoms with Crippen molar-refractivity contribution in [3.8, 4) is 0 Å². The number of nitrogens with zero attached hydrogens (tertiary/aromatic N) is 1. The maximum atomic E-state index is 12.0. The Morgan fingerprint density at radius 2 is 2.14 bits per heavy atom. The van der Waals surface area contributed by atoms with Crippen LogP contribution in [0.3, 0.4) is 0 Å². The summed E-state index contributed by atoms with van der Waals surface area (Å²) in [5, 5.41) is 22.4. The molecule has 0 heterocycles. The number of aliphatic carboxylic acids is 1. The first-order valence-corrected chi connectivity index (χ1v) is 7.11. The number of carbonyl (C=O) groups is 2. The number of amides is 1. The molecule has 0 saturated heterocycles. The SMILES string of the molecule is CCCC(CNC(=O)c1ccc(Br)cc1[N+](=O)[O-])C(=O)O. The van der Waals surface area contributed by atoms with Gasteiger partial charge >= 0.3 is 5.97 Å². The number of nitrogens with one attached hydrogen (secondary N) is 1. The molecular formula is C13H15BrN2O5. The minimum absolute atomic E-state index is 0.0603. The molecule has 0 bridgehead atoms. The standard InChI is InChI=1S/C13H15BrN2O5/c1-2-3-8(13(18)19)7-15-12(17)10-5-4-9(14)6-11(10)16(20)21/h4-6,8H,2-3,7H2,1H3,(H,15,17)(H,18,19). The molecule has 0 saturated carbocycles. The summed E-state index contributed by atoms with van der Waals surface area (Å²) in [6.07, 6.45) is 1.10. The van der Waals surface area contributed by atoms with E-state index in [2.05, 4.69) is 21.2 Å². The number of nitro benzene ring substituents is 1. The van der Waals surface area contributed by atoms with Gasteiger partial charge in [0.15, 0.2) is 0 Å². The molecule has 0 radical (unpaired) electrons. The second kappa shape index (κ2) is 7.72. The molecule has 0 spiro atoms. The average molecular weight is 359 g/mol. The van der Waals surface area contributed by atoms with Gasteiger partial charge in [0, 0.05) is 17.1 Å². The number of halogens is 1. The van der Waals surface area contributed by atoms with E-state index in [0.717, 1.165) is 0 Å². The van der Waals surface area contributed by atoms with Crippen molar-refractivity contribution in [1.29, 1.82) is 0 Å². The fourth-order valence-corrected chi connectivity index (χ4v) is 2.17. The number of carbonyl (C=O) groups excluding carboxylic acids is 1. The molecule has 1 rings (SSSR count). The van der Waals surface area contributed by atoms with E-state index in [-0.39, 0.29) is 17.8 Å². The molecule has 0 aliphatic rings. The molecule has 2 N–H and O–H groups in total. The van der Waals surface area contributed by atoms with Crippen molar-refractivity contribution in [2.75, 3.05) is 6.54 Å². The molecule has 1 aromatic rings. The van der Waals surface area contributed by atoms with Gasteiger partial charge in [0.25, 0.3) is 11.6 Å². The van der Waals surface area contributed by atoms with Crippen molar-refractivity contribution in [3.05, 3.63) is 38.3 Å². The minimum Gasteiger partial charge on any atom is -0.481 e. The summed E-state index contributed by atoms with van der Waals surface area (Å²) in [4.78, 5) is 33.3. The summed E-state index contributed by atoms with van der Waals surface area (Å²) in [6.45, 7) is 1.78. The third kappa shape index (κ3) is 4.82. The van der Waals surface area contributed by atoms with E-state index in [9.17, 15) is 19.7 Å². The monoisotopic (exact) mass is 358 g/mol. The van der Waals surface area contributed by atoms with Gasteiger partial charge in [-0.15, -0.1) is 0 Å². The number of hydrogen-bond donors (Lipinski definition) is 2. The number of carboxylic acid groups (broad SMARTS) is 1. The lowest BCUT2D eigenvalue weighted by molar-refractivity contribution is -0.385. The van der Waals surface area contributed by atoms with Gasteiger partial charge < -0.3 is 10.4 Å². The highest BCUT2D eigenvalue weighted by atomic mass is 79.9. The zero-order chi connectivity index (χ0) is 16.0. The third-order valence-electron chi connectivity index (χ3n) is 2.90. The molecule has 1 unspecified atom stereocenters. The van der Waals surface area contributed by atoms with Crippen LogP contribution in [0.15, 0.2) is 22.7 Å². The van der Waals surface area contributed by atoms with Crippen LogP contribution in [0, 0.1) is 16.0 Å². The summed E-state index contributed by atoms with van der Waals surface area (Å²) >= 11 is 3.10. The average Bonchev–Trinajstić information content (AvgIpc) is 2.42. The summed E-state index contributed by atoms with van der Waals surface area (Å²) in [5.41, 5.74) is -0.423. The van der Waals surface area contributed by atoms with Crippen LogP contribution in [0.5, 0.6) is 0 Å². The van der Waals surface area contributed by atoms with Crippen LogP contribution in [0.2, 0.25) is 0 Å². The van der Waals surface area contributed by atoms with Crippen LogP contribution in [0.4, 0.5) is 5.69 Å². The first-order chi connectivity index (χ1) is 9.86. The number of rotatable bonds is 7. The van der Waals surface area contributed by atoms with Gasteiger partial charge in [-0.2, -0.15) is 0 Å². The summed E-state index contributed by atoms with van der Waals surface area (Å²) < 4.78 is 0.486.